The van der Waals surface area contributed by atoms with E-state index < -0.39 is 0 Å². The van der Waals surface area contributed by atoms with Gasteiger partial charge in [0.05, 0.1) is 6.61 Å². The molecule has 0 aromatic heterocycles. The lowest BCUT2D eigenvalue weighted by atomic mass is 10.2. The highest BCUT2D eigenvalue weighted by Gasteiger charge is 2.09. The van der Waals surface area contributed by atoms with Crippen LogP contribution in [0.15, 0.2) is 0 Å². The third kappa shape index (κ3) is 4.69. The first kappa shape index (κ1) is 6.69. The molecule has 0 aromatic carbocycles. The molecule has 0 bridgehead atoms. The summed E-state index contributed by atoms with van der Waals surface area (Å²) in [5.74, 6) is 0. The van der Waals surface area contributed by atoms with E-state index in [1.165, 1.54) is 0 Å². The van der Waals surface area contributed by atoms with E-state index in [4.69, 9.17) is 0 Å². The second kappa shape index (κ2) is 2.12. The van der Waals surface area contributed by atoms with Gasteiger partial charge in [0, 0.05) is 3.42 Å². The lowest BCUT2D eigenvalue weighted by Gasteiger charge is -2.07. The minimum atomic E-state index is -0.0439. The molecule has 0 unspecified atom stereocenters. The number of rotatable bonds is 1. The van der Waals surface area contributed by atoms with Crippen LogP contribution in [0, 0.1) is 0 Å². The maximum Gasteiger partial charge on any atom is 0.0962 e. The summed E-state index contributed by atoms with van der Waals surface area (Å²) in [7, 11) is 0. The van der Waals surface area contributed by atoms with Gasteiger partial charge in [-0.15, -0.1) is 0 Å². The molecule has 0 atom stereocenters. The molecule has 0 aliphatic carbocycles. The Bertz CT molecular complexity index is 37.3. The van der Waals surface area contributed by atoms with E-state index in [1.807, 2.05) is 13.8 Å². The fourth-order valence-electron chi connectivity index (χ4n) is 0. The summed E-state index contributed by atoms with van der Waals surface area (Å²) in [5, 5.41) is 9.94. The molecular weight excluding hydrogens is 191 g/mol. The van der Waals surface area contributed by atoms with Crippen LogP contribution in [0.3, 0.4) is 0 Å². The largest absolute Gasteiger partial charge is 0.235 e. The van der Waals surface area contributed by atoms with Crippen LogP contribution < -0.4 is 0 Å². The predicted molar refractivity (Wildman–Crippen MR) is 33.7 cm³/mol. The van der Waals surface area contributed by atoms with Crippen molar-refractivity contribution in [3.05, 3.63) is 0 Å². The monoisotopic (exact) mass is 199 g/mol. The number of hydrogen-bond acceptors (Lipinski definition) is 0. The molecule has 2 heteroatoms. The zero-order valence-electron chi connectivity index (χ0n) is 3.99. The van der Waals surface area contributed by atoms with Gasteiger partial charge in [0.2, 0.25) is 0 Å². The Kier molecular flexibility index (Phi) is 2.36. The Balaban J connectivity index is 3.17. The van der Waals surface area contributed by atoms with E-state index in [9.17, 15) is 5.11 Å². The summed E-state index contributed by atoms with van der Waals surface area (Å²) < 4.78 is -0.0439. The van der Waals surface area contributed by atoms with Crippen molar-refractivity contribution in [1.29, 1.82) is 0 Å². The van der Waals surface area contributed by atoms with Crippen molar-refractivity contribution in [1.82, 2.24) is 0 Å². The Morgan fingerprint density at radius 2 is 1.83 bits per heavy atom. The van der Waals surface area contributed by atoms with Crippen LogP contribution in [-0.4, -0.2) is 10.0 Å². The maximum absolute atomic E-state index is 9.94. The minimum Gasteiger partial charge on any atom is -0.235 e. The van der Waals surface area contributed by atoms with Crippen molar-refractivity contribution in [2.24, 2.45) is 0 Å². The normalized spacial score (nSPS) is 12.0. The second-order valence-corrected chi connectivity index (χ2v) is 4.78. The van der Waals surface area contributed by atoms with E-state index in [1.54, 1.807) is 0 Å². The van der Waals surface area contributed by atoms with Gasteiger partial charge in [-0.25, -0.2) is 5.11 Å². The average molecular weight is 199 g/mol. The Morgan fingerprint density at radius 3 is 1.83 bits per heavy atom. The number of hydrogen-bond donors (Lipinski definition) is 0. The molecule has 6 heavy (non-hydrogen) atoms. The Hall–Kier alpha value is 0.690. The lowest BCUT2D eigenvalue weighted by molar-refractivity contribution is 0.177. The molecule has 0 saturated carbocycles. The van der Waals surface area contributed by atoms with Crippen LogP contribution in [0.5, 0.6) is 0 Å². The summed E-state index contributed by atoms with van der Waals surface area (Å²) in [6, 6.07) is 0. The smallest absolute Gasteiger partial charge is 0.0962 e. The first-order valence-electron chi connectivity index (χ1n) is 1.83. The predicted octanol–water partition coefficient (Wildman–Crippen LogP) is 1.63. The standard InChI is InChI=1S/C4H8IO/c1-4(2,5)3-6/h3H2,1-2H3. The Morgan fingerprint density at radius 1 is 1.67 bits per heavy atom. The first-order chi connectivity index (χ1) is 2.56. The molecule has 0 aromatic rings. The average Bonchev–Trinajstić information content (AvgIpc) is 1.35. The molecule has 0 saturated heterocycles. The zero-order chi connectivity index (χ0) is 5.21. The van der Waals surface area contributed by atoms with Crippen molar-refractivity contribution < 1.29 is 5.11 Å². The van der Waals surface area contributed by atoms with Gasteiger partial charge >= 0.3 is 0 Å². The van der Waals surface area contributed by atoms with Gasteiger partial charge < -0.3 is 0 Å². The third-order valence-electron chi connectivity index (χ3n) is 0.343. The molecule has 0 aliphatic heterocycles. The lowest BCUT2D eigenvalue weighted by Crippen LogP contribution is -2.12. The highest BCUT2D eigenvalue weighted by Crippen LogP contribution is 2.13. The molecule has 0 fully saturated rings. The van der Waals surface area contributed by atoms with E-state index in [0.717, 1.165) is 0 Å². The van der Waals surface area contributed by atoms with Gasteiger partial charge in [-0.3, -0.25) is 0 Å². The molecular formula is C4H8IO. The van der Waals surface area contributed by atoms with Crippen LogP contribution in [0.2, 0.25) is 0 Å². The van der Waals surface area contributed by atoms with Gasteiger partial charge in [-0.05, 0) is 13.8 Å². The molecule has 0 aliphatic rings. The number of halogens is 1. The topological polar surface area (TPSA) is 19.9 Å². The van der Waals surface area contributed by atoms with Crippen LogP contribution in [0.1, 0.15) is 13.8 Å². The first-order valence-corrected chi connectivity index (χ1v) is 2.91. The van der Waals surface area contributed by atoms with Crippen molar-refractivity contribution in [3.8, 4) is 0 Å². The molecule has 0 rings (SSSR count). The molecule has 1 radical (unpaired) electrons. The zero-order valence-corrected chi connectivity index (χ0v) is 6.15. The van der Waals surface area contributed by atoms with Crippen molar-refractivity contribution in [3.63, 3.8) is 0 Å². The molecule has 0 N–H and O–H groups in total. The summed E-state index contributed by atoms with van der Waals surface area (Å²) in [5.41, 5.74) is 0. The van der Waals surface area contributed by atoms with Crippen LogP contribution >= 0.6 is 22.6 Å². The second-order valence-electron chi connectivity index (χ2n) is 1.86. The van der Waals surface area contributed by atoms with E-state index in [2.05, 4.69) is 22.6 Å². The van der Waals surface area contributed by atoms with Crippen LogP contribution in [0.4, 0.5) is 0 Å². The highest BCUT2D eigenvalue weighted by molar-refractivity contribution is 14.1. The fraction of sp³-hybridized carbons (Fsp3) is 1.00. The molecule has 37 valence electrons. The number of alkyl halides is 1. The Labute approximate surface area is 51.9 Å². The van der Waals surface area contributed by atoms with Gasteiger partial charge in [-0.2, -0.15) is 0 Å². The minimum absolute atomic E-state index is 0.00750. The maximum atomic E-state index is 9.94. The van der Waals surface area contributed by atoms with Gasteiger partial charge in [0.25, 0.3) is 0 Å². The summed E-state index contributed by atoms with van der Waals surface area (Å²) in [6.07, 6.45) is 0. The molecule has 0 amide bonds. The summed E-state index contributed by atoms with van der Waals surface area (Å²) >= 11 is 2.13. The molecule has 0 spiro atoms. The van der Waals surface area contributed by atoms with Gasteiger partial charge in [0.15, 0.2) is 0 Å². The van der Waals surface area contributed by atoms with Crippen molar-refractivity contribution >= 4 is 22.6 Å². The molecule has 1 nitrogen and oxygen atoms in total. The summed E-state index contributed by atoms with van der Waals surface area (Å²) in [6.45, 7) is 3.84. The van der Waals surface area contributed by atoms with Gasteiger partial charge in [-0.1, -0.05) is 22.6 Å². The molecule has 0 heterocycles. The van der Waals surface area contributed by atoms with E-state index in [-0.39, 0.29) is 10.0 Å². The van der Waals surface area contributed by atoms with Crippen molar-refractivity contribution in [2.75, 3.05) is 6.61 Å². The van der Waals surface area contributed by atoms with Gasteiger partial charge in [0.1, 0.15) is 0 Å². The fourth-order valence-corrected chi connectivity index (χ4v) is 0. The van der Waals surface area contributed by atoms with E-state index >= 15 is 0 Å². The van der Waals surface area contributed by atoms with Crippen LogP contribution in [-0.2, 0) is 5.11 Å². The third-order valence-corrected chi connectivity index (χ3v) is 0.655. The SMILES string of the molecule is CC(C)(I)C[O]. The van der Waals surface area contributed by atoms with Crippen molar-refractivity contribution in [2.45, 2.75) is 17.3 Å². The van der Waals surface area contributed by atoms with E-state index in [0.29, 0.717) is 0 Å². The quantitative estimate of drug-likeness (QED) is 0.451. The van der Waals surface area contributed by atoms with Crippen LogP contribution in [0.25, 0.3) is 0 Å². The summed E-state index contributed by atoms with van der Waals surface area (Å²) in [4.78, 5) is 0. The highest BCUT2D eigenvalue weighted by atomic mass is 127.